The number of rotatable bonds is 8. The first-order chi connectivity index (χ1) is 11.5. The van der Waals surface area contributed by atoms with Crippen LogP contribution in [-0.4, -0.2) is 31.5 Å². The van der Waals surface area contributed by atoms with E-state index in [2.05, 4.69) is 0 Å². The molecule has 1 aromatic carbocycles. The molecule has 24 heavy (non-hydrogen) atoms. The molecule has 132 valence electrons. The van der Waals surface area contributed by atoms with Crippen molar-refractivity contribution in [2.24, 2.45) is 11.8 Å². The third-order valence-corrected chi connectivity index (χ3v) is 5.94. The smallest absolute Gasteiger partial charge is 0.308 e. The molecular weight excluding hydrogens is 326 g/mol. The van der Waals surface area contributed by atoms with Crippen LogP contribution in [-0.2, 0) is 21.5 Å². The molecule has 0 saturated heterocycles. The van der Waals surface area contributed by atoms with Crippen molar-refractivity contribution in [2.45, 2.75) is 45.6 Å². The van der Waals surface area contributed by atoms with Gasteiger partial charge in [0, 0.05) is 19.0 Å². The number of amides is 1. The fraction of sp³-hybridized carbons (Fsp3) is 0.611. The highest BCUT2D eigenvalue weighted by Crippen LogP contribution is 2.34. The summed E-state index contributed by atoms with van der Waals surface area (Å²) in [7, 11) is -3.53. The van der Waals surface area contributed by atoms with E-state index in [9.17, 15) is 13.2 Å². The highest BCUT2D eigenvalue weighted by atomic mass is 32.2. The lowest BCUT2D eigenvalue weighted by molar-refractivity contribution is -0.139. The standard InChI is InChI=1S/C18H25NO4S/c1-2-24(21,22)23-17-8-3-5-15(11-17)13-19(12-14-9-10-14)18(20)16-6-4-7-16/h3,5,8,11,14,16H,2,4,6-7,9-10,12-13H2,1H3. The van der Waals surface area contributed by atoms with Gasteiger partial charge in [-0.1, -0.05) is 18.6 Å². The van der Waals surface area contributed by atoms with E-state index in [1.165, 1.54) is 12.8 Å². The van der Waals surface area contributed by atoms with Gasteiger partial charge < -0.3 is 9.08 Å². The number of carbonyl (C=O) groups is 1. The van der Waals surface area contributed by atoms with Gasteiger partial charge in [-0.3, -0.25) is 4.79 Å². The van der Waals surface area contributed by atoms with Crippen LogP contribution < -0.4 is 4.18 Å². The van der Waals surface area contributed by atoms with Gasteiger partial charge in [0.1, 0.15) is 5.75 Å². The van der Waals surface area contributed by atoms with Crippen molar-refractivity contribution >= 4 is 16.0 Å². The number of hydrogen-bond donors (Lipinski definition) is 0. The number of benzene rings is 1. The van der Waals surface area contributed by atoms with Gasteiger partial charge in [-0.25, -0.2) is 0 Å². The van der Waals surface area contributed by atoms with Gasteiger partial charge in [0.15, 0.2) is 0 Å². The van der Waals surface area contributed by atoms with Crippen LogP contribution in [0.15, 0.2) is 24.3 Å². The lowest BCUT2D eigenvalue weighted by Crippen LogP contribution is -2.39. The van der Waals surface area contributed by atoms with Crippen LogP contribution >= 0.6 is 0 Å². The van der Waals surface area contributed by atoms with Crippen molar-refractivity contribution in [1.29, 1.82) is 0 Å². The summed E-state index contributed by atoms with van der Waals surface area (Å²) in [4.78, 5) is 14.6. The van der Waals surface area contributed by atoms with E-state index in [-0.39, 0.29) is 17.6 Å². The molecule has 6 heteroatoms. The van der Waals surface area contributed by atoms with Crippen molar-refractivity contribution in [3.05, 3.63) is 29.8 Å². The van der Waals surface area contributed by atoms with Gasteiger partial charge in [-0.05, 0) is 56.2 Å². The molecule has 0 bridgehead atoms. The zero-order valence-electron chi connectivity index (χ0n) is 14.1. The van der Waals surface area contributed by atoms with Gasteiger partial charge >= 0.3 is 10.1 Å². The SMILES string of the molecule is CCS(=O)(=O)Oc1cccc(CN(CC2CC2)C(=O)C2CCC2)c1. The molecule has 0 aliphatic heterocycles. The molecule has 2 saturated carbocycles. The molecule has 2 fully saturated rings. The van der Waals surface area contributed by atoms with Crippen molar-refractivity contribution in [3.63, 3.8) is 0 Å². The van der Waals surface area contributed by atoms with E-state index in [1.807, 2.05) is 11.0 Å². The van der Waals surface area contributed by atoms with E-state index in [4.69, 9.17) is 4.18 Å². The minimum atomic E-state index is -3.53. The third kappa shape index (κ3) is 4.50. The van der Waals surface area contributed by atoms with Crippen LogP contribution in [0.4, 0.5) is 0 Å². The maximum atomic E-state index is 12.7. The Morgan fingerprint density at radius 3 is 2.58 bits per heavy atom. The summed E-state index contributed by atoms with van der Waals surface area (Å²) in [5.74, 6) is 1.32. The lowest BCUT2D eigenvalue weighted by atomic mass is 9.84. The largest absolute Gasteiger partial charge is 0.382 e. The molecule has 1 aromatic rings. The molecule has 0 radical (unpaired) electrons. The van der Waals surface area contributed by atoms with Gasteiger partial charge in [0.2, 0.25) is 5.91 Å². The number of hydrogen-bond acceptors (Lipinski definition) is 4. The Balaban J connectivity index is 1.70. The van der Waals surface area contributed by atoms with Crippen molar-refractivity contribution in [2.75, 3.05) is 12.3 Å². The van der Waals surface area contributed by atoms with E-state index >= 15 is 0 Å². The Morgan fingerprint density at radius 2 is 2.00 bits per heavy atom. The van der Waals surface area contributed by atoms with E-state index in [0.29, 0.717) is 18.2 Å². The molecule has 0 heterocycles. The van der Waals surface area contributed by atoms with Crippen LogP contribution in [0.3, 0.4) is 0 Å². The first-order valence-corrected chi connectivity index (χ1v) is 10.3. The molecule has 0 atom stereocenters. The minimum Gasteiger partial charge on any atom is -0.382 e. The maximum Gasteiger partial charge on any atom is 0.308 e. The zero-order valence-corrected chi connectivity index (χ0v) is 14.9. The fourth-order valence-electron chi connectivity index (χ4n) is 2.88. The number of carbonyl (C=O) groups excluding carboxylic acids is 1. The number of nitrogens with zero attached hydrogens (tertiary/aromatic N) is 1. The summed E-state index contributed by atoms with van der Waals surface area (Å²) < 4.78 is 28.3. The van der Waals surface area contributed by atoms with Crippen LogP contribution in [0.5, 0.6) is 5.75 Å². The van der Waals surface area contributed by atoms with Crippen molar-refractivity contribution in [3.8, 4) is 5.75 Å². The summed E-state index contributed by atoms with van der Waals surface area (Å²) in [5, 5.41) is 0. The summed E-state index contributed by atoms with van der Waals surface area (Å²) in [6.45, 7) is 2.89. The van der Waals surface area contributed by atoms with Crippen LogP contribution in [0.1, 0.15) is 44.6 Å². The van der Waals surface area contributed by atoms with Crippen molar-refractivity contribution < 1.29 is 17.4 Å². The van der Waals surface area contributed by atoms with Gasteiger partial charge in [-0.15, -0.1) is 0 Å². The first kappa shape index (κ1) is 17.3. The quantitative estimate of drug-likeness (QED) is 0.676. The highest BCUT2D eigenvalue weighted by Gasteiger charge is 2.33. The molecule has 0 aromatic heterocycles. The van der Waals surface area contributed by atoms with Crippen LogP contribution in [0.25, 0.3) is 0 Å². The molecular formula is C18H25NO4S. The van der Waals surface area contributed by atoms with Crippen molar-refractivity contribution in [1.82, 2.24) is 4.90 Å². The molecule has 0 N–H and O–H groups in total. The Labute approximate surface area is 144 Å². The highest BCUT2D eigenvalue weighted by molar-refractivity contribution is 7.87. The van der Waals surface area contributed by atoms with E-state index in [0.717, 1.165) is 31.4 Å². The Kier molecular flexibility index (Phi) is 5.13. The molecule has 3 rings (SSSR count). The Morgan fingerprint density at radius 1 is 1.25 bits per heavy atom. The molecule has 0 spiro atoms. The summed E-state index contributed by atoms with van der Waals surface area (Å²) in [5.41, 5.74) is 0.909. The average Bonchev–Trinajstić information content (AvgIpc) is 3.29. The molecule has 2 aliphatic rings. The van der Waals surface area contributed by atoms with Gasteiger partial charge in [0.05, 0.1) is 5.75 Å². The van der Waals surface area contributed by atoms with Crippen LogP contribution in [0, 0.1) is 11.8 Å². The second-order valence-electron chi connectivity index (χ2n) is 6.87. The first-order valence-electron chi connectivity index (χ1n) is 8.76. The lowest BCUT2D eigenvalue weighted by Gasteiger charge is -2.32. The van der Waals surface area contributed by atoms with E-state index < -0.39 is 10.1 Å². The molecule has 1 amide bonds. The molecule has 2 aliphatic carbocycles. The minimum absolute atomic E-state index is 0.0643. The predicted molar refractivity (Wildman–Crippen MR) is 92.0 cm³/mol. The fourth-order valence-corrected chi connectivity index (χ4v) is 3.39. The average molecular weight is 351 g/mol. The third-order valence-electron chi connectivity index (χ3n) is 4.79. The predicted octanol–water partition coefficient (Wildman–Crippen LogP) is 2.95. The monoisotopic (exact) mass is 351 g/mol. The van der Waals surface area contributed by atoms with E-state index in [1.54, 1.807) is 25.1 Å². The van der Waals surface area contributed by atoms with Gasteiger partial charge in [-0.2, -0.15) is 8.42 Å². The summed E-state index contributed by atoms with van der Waals surface area (Å²) in [6.07, 6.45) is 5.54. The summed E-state index contributed by atoms with van der Waals surface area (Å²) in [6, 6.07) is 7.05. The van der Waals surface area contributed by atoms with Gasteiger partial charge in [0.25, 0.3) is 0 Å². The summed E-state index contributed by atoms with van der Waals surface area (Å²) >= 11 is 0. The second-order valence-corrected chi connectivity index (χ2v) is 8.73. The molecule has 0 unspecified atom stereocenters. The Hall–Kier alpha value is -1.56. The maximum absolute atomic E-state index is 12.7. The second kappa shape index (κ2) is 7.13. The normalized spacial score (nSPS) is 18.0. The zero-order chi connectivity index (χ0) is 17.2. The van der Waals surface area contributed by atoms with Crippen LogP contribution in [0.2, 0.25) is 0 Å². The topological polar surface area (TPSA) is 63.7 Å². The Bertz CT molecular complexity index is 693. The molecule has 5 nitrogen and oxygen atoms in total.